The molecule has 1 aromatic rings. The van der Waals surface area contributed by atoms with Gasteiger partial charge in [0.2, 0.25) is 11.8 Å². The molecule has 0 unspecified atom stereocenters. The van der Waals surface area contributed by atoms with Crippen molar-refractivity contribution in [3.05, 3.63) is 29.3 Å². The second-order valence-electron chi connectivity index (χ2n) is 9.04. The van der Waals surface area contributed by atoms with Crippen LogP contribution in [0, 0.1) is 17.6 Å². The molecule has 0 saturated carbocycles. The second kappa shape index (κ2) is 11.6. The van der Waals surface area contributed by atoms with Crippen molar-refractivity contribution < 1.29 is 18.4 Å². The number of benzene rings is 1. The normalized spacial score (nSPS) is 16.8. The molecule has 0 fully saturated rings. The summed E-state index contributed by atoms with van der Waals surface area (Å²) in [5.41, 5.74) is 0.837. The summed E-state index contributed by atoms with van der Waals surface area (Å²) in [7, 11) is 0. The molecule has 0 aliphatic carbocycles. The van der Waals surface area contributed by atoms with Crippen molar-refractivity contribution in [2.75, 3.05) is 31.1 Å². The third-order valence-electron chi connectivity index (χ3n) is 5.74. The third-order valence-corrected chi connectivity index (χ3v) is 5.74. The van der Waals surface area contributed by atoms with Crippen LogP contribution in [-0.4, -0.2) is 53.8 Å². The van der Waals surface area contributed by atoms with E-state index in [0.29, 0.717) is 36.8 Å². The van der Waals surface area contributed by atoms with Gasteiger partial charge in [-0.2, -0.15) is 0 Å². The second-order valence-corrected chi connectivity index (χ2v) is 9.04. The van der Waals surface area contributed by atoms with Crippen LogP contribution in [0.25, 0.3) is 0 Å². The van der Waals surface area contributed by atoms with Gasteiger partial charge in [-0.1, -0.05) is 20.8 Å². The zero-order chi connectivity index (χ0) is 23.1. The maximum Gasteiger partial charge on any atom is 0.226 e. The summed E-state index contributed by atoms with van der Waals surface area (Å²) in [5.74, 6) is -1.89. The van der Waals surface area contributed by atoms with Gasteiger partial charge in [-0.05, 0) is 44.2 Å². The first-order valence-electron chi connectivity index (χ1n) is 11.4. The van der Waals surface area contributed by atoms with Gasteiger partial charge in [-0.3, -0.25) is 9.59 Å². The molecule has 174 valence electrons. The number of fused-ring (bicyclic) bond motifs is 1. The fourth-order valence-corrected chi connectivity index (χ4v) is 4.03. The summed E-state index contributed by atoms with van der Waals surface area (Å²) < 4.78 is 28.4. The molecule has 31 heavy (non-hydrogen) atoms. The van der Waals surface area contributed by atoms with E-state index < -0.39 is 11.6 Å². The van der Waals surface area contributed by atoms with E-state index in [1.165, 1.54) is 0 Å². The van der Waals surface area contributed by atoms with E-state index in [4.69, 9.17) is 0 Å². The molecular formula is C24H37F2N3O2. The van der Waals surface area contributed by atoms with E-state index >= 15 is 0 Å². The SMILES string of the molecule is CCC(=O)N1CCCN(C(C)C)CCCN(C(=O)CC(C)C)Cc2cc(F)c(F)cc21. The number of anilines is 1. The van der Waals surface area contributed by atoms with Crippen molar-refractivity contribution in [2.24, 2.45) is 5.92 Å². The van der Waals surface area contributed by atoms with Crippen LogP contribution in [0.15, 0.2) is 12.1 Å². The first-order chi connectivity index (χ1) is 14.6. The molecule has 0 N–H and O–H groups in total. The smallest absolute Gasteiger partial charge is 0.226 e. The molecule has 7 heteroatoms. The highest BCUT2D eigenvalue weighted by Gasteiger charge is 2.25. The van der Waals surface area contributed by atoms with Gasteiger partial charge in [-0.15, -0.1) is 0 Å². The first kappa shape index (κ1) is 25.2. The number of nitrogens with zero attached hydrogens (tertiary/aromatic N) is 3. The number of amides is 2. The minimum Gasteiger partial charge on any atom is -0.338 e. The topological polar surface area (TPSA) is 43.9 Å². The lowest BCUT2D eigenvalue weighted by Gasteiger charge is -2.33. The zero-order valence-electron chi connectivity index (χ0n) is 19.6. The molecule has 5 nitrogen and oxygen atoms in total. The van der Waals surface area contributed by atoms with Crippen LogP contribution in [-0.2, 0) is 16.1 Å². The van der Waals surface area contributed by atoms with Gasteiger partial charge in [-0.25, -0.2) is 8.78 Å². The van der Waals surface area contributed by atoms with Gasteiger partial charge in [0.05, 0.1) is 5.69 Å². The van der Waals surface area contributed by atoms with Crippen molar-refractivity contribution in [3.63, 3.8) is 0 Å². The predicted octanol–water partition coefficient (Wildman–Crippen LogP) is 4.59. The monoisotopic (exact) mass is 437 g/mol. The van der Waals surface area contributed by atoms with Crippen LogP contribution < -0.4 is 4.90 Å². The Hall–Kier alpha value is -2.02. The van der Waals surface area contributed by atoms with E-state index in [1.54, 1.807) is 16.7 Å². The highest BCUT2D eigenvalue weighted by atomic mass is 19.2. The van der Waals surface area contributed by atoms with Crippen molar-refractivity contribution in [2.45, 2.75) is 72.9 Å². The Balaban J connectivity index is 2.49. The lowest BCUT2D eigenvalue weighted by Crippen LogP contribution is -2.40. The molecule has 2 rings (SSSR count). The van der Waals surface area contributed by atoms with Gasteiger partial charge in [0.1, 0.15) is 0 Å². The predicted molar refractivity (Wildman–Crippen MR) is 120 cm³/mol. The van der Waals surface area contributed by atoms with Crippen molar-refractivity contribution >= 4 is 17.5 Å². The number of hydrogen-bond acceptors (Lipinski definition) is 3. The number of hydrogen-bond donors (Lipinski definition) is 0. The van der Waals surface area contributed by atoms with Crippen LogP contribution in [0.2, 0.25) is 0 Å². The van der Waals surface area contributed by atoms with Gasteiger partial charge in [0.15, 0.2) is 11.6 Å². The molecule has 2 amide bonds. The average Bonchev–Trinajstić information content (AvgIpc) is 2.69. The lowest BCUT2D eigenvalue weighted by atomic mass is 10.1. The summed E-state index contributed by atoms with van der Waals surface area (Å²) >= 11 is 0. The molecule has 0 spiro atoms. The number of carbonyl (C=O) groups excluding carboxylic acids is 2. The van der Waals surface area contributed by atoms with Crippen molar-refractivity contribution in [1.82, 2.24) is 9.80 Å². The lowest BCUT2D eigenvalue weighted by molar-refractivity contribution is -0.132. The summed E-state index contributed by atoms with van der Waals surface area (Å²) in [5, 5.41) is 0. The summed E-state index contributed by atoms with van der Waals surface area (Å²) in [6, 6.07) is 2.59. The Labute approximate surface area is 185 Å². The molecule has 1 aliphatic rings. The van der Waals surface area contributed by atoms with Crippen molar-refractivity contribution in [3.8, 4) is 0 Å². The van der Waals surface area contributed by atoms with Crippen molar-refractivity contribution in [1.29, 1.82) is 0 Å². The minimum atomic E-state index is -0.983. The van der Waals surface area contributed by atoms with Gasteiger partial charge >= 0.3 is 0 Å². The maximum absolute atomic E-state index is 14.2. The van der Waals surface area contributed by atoms with Gasteiger partial charge in [0, 0.05) is 57.7 Å². The molecule has 1 heterocycles. The van der Waals surface area contributed by atoms with Gasteiger partial charge in [0.25, 0.3) is 0 Å². The van der Waals surface area contributed by atoms with E-state index in [0.717, 1.165) is 38.1 Å². The quantitative estimate of drug-likeness (QED) is 0.692. The minimum absolute atomic E-state index is 0.00722. The molecule has 0 saturated heterocycles. The molecule has 0 aromatic heterocycles. The van der Waals surface area contributed by atoms with E-state index in [-0.39, 0.29) is 30.7 Å². The summed E-state index contributed by atoms with van der Waals surface area (Å²) in [6.45, 7) is 12.8. The number of rotatable bonds is 4. The number of carbonyl (C=O) groups is 2. The van der Waals surface area contributed by atoms with Crippen LogP contribution in [0.3, 0.4) is 0 Å². The van der Waals surface area contributed by atoms with E-state index in [9.17, 15) is 18.4 Å². The molecule has 0 bridgehead atoms. The summed E-state index contributed by atoms with van der Waals surface area (Å²) in [6.07, 6.45) is 2.20. The Morgan fingerprint density at radius 1 is 0.935 bits per heavy atom. The molecule has 1 aromatic carbocycles. The Morgan fingerprint density at radius 2 is 1.55 bits per heavy atom. The molecule has 0 atom stereocenters. The number of halogens is 2. The average molecular weight is 438 g/mol. The fraction of sp³-hybridized carbons (Fsp3) is 0.667. The van der Waals surface area contributed by atoms with Crippen LogP contribution in [0.1, 0.15) is 65.9 Å². The largest absolute Gasteiger partial charge is 0.338 e. The first-order valence-corrected chi connectivity index (χ1v) is 11.4. The van der Waals surface area contributed by atoms with Crippen LogP contribution in [0.4, 0.5) is 14.5 Å². The van der Waals surface area contributed by atoms with Gasteiger partial charge < -0.3 is 14.7 Å². The molecular weight excluding hydrogens is 400 g/mol. The Morgan fingerprint density at radius 3 is 2.13 bits per heavy atom. The third kappa shape index (κ3) is 6.99. The highest BCUT2D eigenvalue weighted by molar-refractivity contribution is 5.94. The standard InChI is InChI=1S/C24H37F2N3O2/c1-6-23(30)29-12-8-10-27(18(4)5)9-7-11-28(24(31)13-17(2)3)16-19-14-20(25)21(26)15-22(19)29/h14-15,17-18H,6-13,16H2,1-5H3. The zero-order valence-corrected chi connectivity index (χ0v) is 19.6. The maximum atomic E-state index is 14.2. The van der Waals surface area contributed by atoms with Crippen LogP contribution in [0.5, 0.6) is 0 Å². The Bertz CT molecular complexity index is 767. The van der Waals surface area contributed by atoms with E-state index in [1.807, 2.05) is 13.8 Å². The summed E-state index contributed by atoms with van der Waals surface area (Å²) in [4.78, 5) is 31.3. The molecule has 1 aliphatic heterocycles. The fourth-order valence-electron chi connectivity index (χ4n) is 4.03. The highest BCUT2D eigenvalue weighted by Crippen LogP contribution is 2.28. The van der Waals surface area contributed by atoms with Crippen LogP contribution >= 0.6 is 0 Å². The van der Waals surface area contributed by atoms with E-state index in [2.05, 4.69) is 18.7 Å². The Kier molecular flexibility index (Phi) is 9.41. The molecule has 0 radical (unpaired) electrons.